The van der Waals surface area contributed by atoms with Gasteiger partial charge in [-0.25, -0.2) is 0 Å². The first kappa shape index (κ1) is 15.8. The van der Waals surface area contributed by atoms with Gasteiger partial charge in [0.2, 0.25) is 6.10 Å². The van der Waals surface area contributed by atoms with Gasteiger partial charge in [0.05, 0.1) is 0 Å². The molecule has 0 bridgehead atoms. The van der Waals surface area contributed by atoms with E-state index >= 15 is 0 Å². The number of nitrogens with zero attached hydrogens (tertiary/aromatic N) is 1. The zero-order chi connectivity index (χ0) is 17.2. The molecule has 1 aromatic heterocycles. The third-order valence-corrected chi connectivity index (χ3v) is 4.78. The predicted molar refractivity (Wildman–Crippen MR) is 97.7 cm³/mol. The molecule has 0 fully saturated rings. The minimum absolute atomic E-state index is 0.178. The van der Waals surface area contributed by atoms with Crippen molar-refractivity contribution < 1.29 is 14.3 Å². The summed E-state index contributed by atoms with van der Waals surface area (Å²) >= 11 is 6.43. The lowest BCUT2D eigenvalue weighted by atomic mass is 10.2. The molecular weight excluding hydrogens is 358 g/mol. The Kier molecular flexibility index (Phi) is 4.21. The van der Waals surface area contributed by atoms with E-state index in [0.29, 0.717) is 21.1 Å². The number of benzene rings is 2. The number of aromatic amines is 1. The first-order valence-corrected chi connectivity index (χ1v) is 8.77. The van der Waals surface area contributed by atoms with Gasteiger partial charge in [0.15, 0.2) is 15.5 Å². The maximum absolute atomic E-state index is 12.4. The summed E-state index contributed by atoms with van der Waals surface area (Å²) in [6, 6.07) is 14.7. The second kappa shape index (κ2) is 6.66. The van der Waals surface area contributed by atoms with Crippen LogP contribution in [0.15, 0.2) is 48.5 Å². The number of amides is 1. The highest BCUT2D eigenvalue weighted by Crippen LogP contribution is 2.31. The molecule has 4 rings (SSSR count). The Bertz CT molecular complexity index is 966. The molecular formula is C17H13N3O3S2. The molecule has 3 aromatic rings. The SMILES string of the molecule is O=C(Nc1ccc(-c2n[nH]c(=S)s2)cc1)C1COc2ccccc2O1. The van der Waals surface area contributed by atoms with Crippen LogP contribution in [0.1, 0.15) is 0 Å². The number of aromatic nitrogens is 2. The fourth-order valence-corrected chi connectivity index (χ4v) is 3.32. The van der Waals surface area contributed by atoms with Crippen LogP contribution in [0.4, 0.5) is 5.69 Å². The van der Waals surface area contributed by atoms with Crippen LogP contribution >= 0.6 is 23.6 Å². The molecule has 0 aliphatic carbocycles. The Morgan fingerprint density at radius 1 is 1.20 bits per heavy atom. The van der Waals surface area contributed by atoms with E-state index in [1.54, 1.807) is 6.07 Å². The monoisotopic (exact) mass is 371 g/mol. The van der Waals surface area contributed by atoms with Gasteiger partial charge in [0.1, 0.15) is 11.6 Å². The smallest absolute Gasteiger partial charge is 0.269 e. The summed E-state index contributed by atoms with van der Waals surface area (Å²) in [5.74, 6) is 0.971. The van der Waals surface area contributed by atoms with Crippen LogP contribution in [0.3, 0.4) is 0 Å². The quantitative estimate of drug-likeness (QED) is 0.688. The first-order valence-electron chi connectivity index (χ1n) is 7.54. The topological polar surface area (TPSA) is 76.2 Å². The van der Waals surface area contributed by atoms with Gasteiger partial charge in [-0.05, 0) is 48.6 Å². The van der Waals surface area contributed by atoms with Crippen molar-refractivity contribution in [2.24, 2.45) is 0 Å². The average molecular weight is 371 g/mol. The van der Waals surface area contributed by atoms with E-state index in [-0.39, 0.29) is 12.5 Å². The zero-order valence-corrected chi connectivity index (χ0v) is 14.5. The van der Waals surface area contributed by atoms with Gasteiger partial charge >= 0.3 is 0 Å². The van der Waals surface area contributed by atoms with Crippen LogP contribution in [0.5, 0.6) is 11.5 Å². The van der Waals surface area contributed by atoms with Crippen molar-refractivity contribution in [3.8, 4) is 22.1 Å². The molecule has 0 saturated carbocycles. The summed E-state index contributed by atoms with van der Waals surface area (Å²) in [5, 5.41) is 10.5. The number of hydrogen-bond acceptors (Lipinski definition) is 6. The number of anilines is 1. The van der Waals surface area contributed by atoms with E-state index in [0.717, 1.165) is 10.6 Å². The zero-order valence-electron chi connectivity index (χ0n) is 12.9. The predicted octanol–water partition coefficient (Wildman–Crippen LogP) is 3.65. The third kappa shape index (κ3) is 3.40. The molecule has 1 atom stereocenters. The molecule has 0 spiro atoms. The molecule has 1 aliphatic heterocycles. The molecule has 2 heterocycles. The van der Waals surface area contributed by atoms with Crippen LogP contribution in [0.2, 0.25) is 0 Å². The fraction of sp³-hybridized carbons (Fsp3) is 0.118. The maximum Gasteiger partial charge on any atom is 0.269 e. The summed E-state index contributed by atoms with van der Waals surface area (Å²) in [4.78, 5) is 12.4. The van der Waals surface area contributed by atoms with E-state index < -0.39 is 6.10 Å². The summed E-state index contributed by atoms with van der Waals surface area (Å²) in [6.07, 6.45) is -0.689. The van der Waals surface area contributed by atoms with E-state index in [4.69, 9.17) is 21.7 Å². The van der Waals surface area contributed by atoms with Gasteiger partial charge in [0.25, 0.3) is 5.91 Å². The van der Waals surface area contributed by atoms with Crippen LogP contribution in [0, 0.1) is 3.95 Å². The van der Waals surface area contributed by atoms with Crippen molar-refractivity contribution in [3.63, 3.8) is 0 Å². The molecule has 2 N–H and O–H groups in total. The molecule has 6 nitrogen and oxygen atoms in total. The second-order valence-corrected chi connectivity index (χ2v) is 7.01. The normalized spacial score (nSPS) is 15.6. The fourth-order valence-electron chi connectivity index (χ4n) is 2.42. The largest absolute Gasteiger partial charge is 0.485 e. The molecule has 1 unspecified atom stereocenters. The molecule has 0 saturated heterocycles. The number of carbonyl (C=O) groups is 1. The Morgan fingerprint density at radius 3 is 2.68 bits per heavy atom. The molecule has 0 radical (unpaired) electrons. The minimum Gasteiger partial charge on any atom is -0.485 e. The van der Waals surface area contributed by atoms with Gasteiger partial charge in [-0.1, -0.05) is 23.5 Å². The Hall–Kier alpha value is -2.71. The van der Waals surface area contributed by atoms with Crippen molar-refractivity contribution in [2.75, 3.05) is 11.9 Å². The number of carbonyl (C=O) groups excluding carboxylic acids is 1. The maximum atomic E-state index is 12.4. The van der Waals surface area contributed by atoms with E-state index in [9.17, 15) is 4.79 Å². The molecule has 1 aliphatic rings. The molecule has 126 valence electrons. The van der Waals surface area contributed by atoms with Gasteiger partial charge in [-0.15, -0.1) is 0 Å². The van der Waals surface area contributed by atoms with Crippen LogP contribution in [-0.2, 0) is 4.79 Å². The number of H-pyrrole nitrogens is 1. The van der Waals surface area contributed by atoms with E-state index in [1.807, 2.05) is 42.5 Å². The van der Waals surface area contributed by atoms with Crippen molar-refractivity contribution in [3.05, 3.63) is 52.5 Å². The summed E-state index contributed by atoms with van der Waals surface area (Å²) < 4.78 is 11.9. The van der Waals surface area contributed by atoms with E-state index in [1.165, 1.54) is 11.3 Å². The molecule has 2 aromatic carbocycles. The Balaban J connectivity index is 1.44. The summed E-state index contributed by atoms with van der Waals surface area (Å²) in [5.41, 5.74) is 1.61. The lowest BCUT2D eigenvalue weighted by Gasteiger charge is -2.25. The Labute approximate surface area is 152 Å². The highest BCUT2D eigenvalue weighted by atomic mass is 32.1. The van der Waals surface area contributed by atoms with Crippen LogP contribution < -0.4 is 14.8 Å². The van der Waals surface area contributed by atoms with Gasteiger partial charge < -0.3 is 14.8 Å². The van der Waals surface area contributed by atoms with Crippen molar-refractivity contribution >= 4 is 35.1 Å². The minimum atomic E-state index is -0.689. The summed E-state index contributed by atoms with van der Waals surface area (Å²) in [7, 11) is 0. The van der Waals surface area contributed by atoms with Crippen molar-refractivity contribution in [1.29, 1.82) is 0 Å². The van der Waals surface area contributed by atoms with Crippen molar-refractivity contribution in [2.45, 2.75) is 6.10 Å². The lowest BCUT2D eigenvalue weighted by Crippen LogP contribution is -2.40. The number of hydrogen-bond donors (Lipinski definition) is 2. The Morgan fingerprint density at radius 2 is 1.96 bits per heavy atom. The lowest BCUT2D eigenvalue weighted by molar-refractivity contribution is -0.125. The van der Waals surface area contributed by atoms with E-state index in [2.05, 4.69) is 15.5 Å². The molecule has 8 heteroatoms. The summed E-state index contributed by atoms with van der Waals surface area (Å²) in [6.45, 7) is 0.178. The van der Waals surface area contributed by atoms with Gasteiger partial charge in [-0.3, -0.25) is 9.89 Å². The number of rotatable bonds is 3. The van der Waals surface area contributed by atoms with Crippen LogP contribution in [-0.4, -0.2) is 28.8 Å². The number of ether oxygens (including phenoxy) is 2. The van der Waals surface area contributed by atoms with Gasteiger partial charge in [0, 0.05) is 11.3 Å². The van der Waals surface area contributed by atoms with Gasteiger partial charge in [-0.2, -0.15) is 5.10 Å². The number of nitrogens with one attached hydrogen (secondary N) is 2. The average Bonchev–Trinajstić information content (AvgIpc) is 3.08. The highest BCUT2D eigenvalue weighted by molar-refractivity contribution is 7.73. The molecule has 1 amide bonds. The number of fused-ring (bicyclic) bond motifs is 1. The van der Waals surface area contributed by atoms with Crippen LogP contribution in [0.25, 0.3) is 10.6 Å². The third-order valence-electron chi connectivity index (χ3n) is 3.64. The second-order valence-electron chi connectivity index (χ2n) is 5.35. The van der Waals surface area contributed by atoms with Crippen molar-refractivity contribution in [1.82, 2.24) is 10.2 Å². The number of para-hydroxylation sites is 2. The highest BCUT2D eigenvalue weighted by Gasteiger charge is 2.27. The first-order chi connectivity index (χ1) is 12.2. The molecule has 25 heavy (non-hydrogen) atoms. The standard InChI is InChI=1S/C17H13N3O3S2/c21-15(14-9-22-12-3-1-2-4-13(12)23-14)18-11-7-5-10(6-8-11)16-19-20-17(24)25-16/h1-8,14H,9H2,(H,18,21)(H,20,24).